The van der Waals surface area contributed by atoms with E-state index in [9.17, 15) is 4.79 Å². The summed E-state index contributed by atoms with van der Waals surface area (Å²) < 4.78 is 0. The maximum atomic E-state index is 11.9. The van der Waals surface area contributed by atoms with Crippen LogP contribution >= 0.6 is 23.4 Å². The number of benzene rings is 2. The van der Waals surface area contributed by atoms with Crippen molar-refractivity contribution in [3.05, 3.63) is 70.8 Å². The second kappa shape index (κ2) is 6.60. The molecule has 0 bridgehead atoms. The second-order valence-electron chi connectivity index (χ2n) is 3.98. The van der Waals surface area contributed by atoms with E-state index in [1.807, 2.05) is 36.6 Å². The van der Waals surface area contributed by atoms with Crippen LogP contribution in [0.15, 0.2) is 59.5 Å². The fourth-order valence-corrected chi connectivity index (χ4v) is 2.22. The zero-order chi connectivity index (χ0) is 13.7. The molecule has 0 radical (unpaired) electrons. The van der Waals surface area contributed by atoms with Crippen molar-refractivity contribution in [2.45, 2.75) is 4.90 Å². The maximum Gasteiger partial charge on any atom is 0.185 e. The van der Waals surface area contributed by atoms with E-state index < -0.39 is 0 Å². The molecule has 0 heterocycles. The van der Waals surface area contributed by atoms with Crippen LogP contribution in [0.3, 0.4) is 0 Å². The molecule has 0 aliphatic carbocycles. The van der Waals surface area contributed by atoms with Gasteiger partial charge in [-0.1, -0.05) is 41.9 Å². The molecule has 2 rings (SSSR count). The number of hydrogen-bond donors (Lipinski definition) is 0. The number of allylic oxidation sites excluding steroid dienone is 1. The van der Waals surface area contributed by atoms with Crippen LogP contribution < -0.4 is 0 Å². The quantitative estimate of drug-likeness (QED) is 0.449. The van der Waals surface area contributed by atoms with Crippen LogP contribution in [0.4, 0.5) is 0 Å². The molecule has 0 amide bonds. The number of thioether (sulfide) groups is 1. The highest BCUT2D eigenvalue weighted by Gasteiger charge is 2.01. The lowest BCUT2D eigenvalue weighted by molar-refractivity contribution is 0.104. The predicted molar refractivity (Wildman–Crippen MR) is 83.0 cm³/mol. The van der Waals surface area contributed by atoms with E-state index in [4.69, 9.17) is 11.6 Å². The number of carbonyl (C=O) groups excluding carboxylic acids is 1. The fourth-order valence-electron chi connectivity index (χ4n) is 1.62. The molecule has 0 atom stereocenters. The van der Waals surface area contributed by atoms with Crippen molar-refractivity contribution in [2.75, 3.05) is 6.26 Å². The van der Waals surface area contributed by atoms with Crippen LogP contribution in [-0.4, -0.2) is 12.0 Å². The van der Waals surface area contributed by atoms with Gasteiger partial charge in [-0.25, -0.2) is 0 Å². The molecule has 0 unspecified atom stereocenters. The summed E-state index contributed by atoms with van der Waals surface area (Å²) in [5, 5.41) is 0.573. The second-order valence-corrected chi connectivity index (χ2v) is 5.30. The largest absolute Gasteiger partial charge is 0.289 e. The summed E-state index contributed by atoms with van der Waals surface area (Å²) in [6.07, 6.45) is 5.42. The Morgan fingerprint density at radius 1 is 1.16 bits per heavy atom. The van der Waals surface area contributed by atoms with Crippen molar-refractivity contribution in [2.24, 2.45) is 0 Å². The monoisotopic (exact) mass is 288 g/mol. The number of halogens is 1. The summed E-state index contributed by atoms with van der Waals surface area (Å²) >= 11 is 7.56. The number of hydrogen-bond acceptors (Lipinski definition) is 2. The molecule has 0 N–H and O–H groups in total. The summed E-state index contributed by atoms with van der Waals surface area (Å²) in [5.41, 5.74) is 1.61. The van der Waals surface area contributed by atoms with Crippen molar-refractivity contribution in [3.63, 3.8) is 0 Å². The van der Waals surface area contributed by atoms with Gasteiger partial charge in [0.25, 0.3) is 0 Å². The number of carbonyl (C=O) groups is 1. The molecule has 0 aromatic heterocycles. The Morgan fingerprint density at radius 2 is 1.89 bits per heavy atom. The van der Waals surface area contributed by atoms with Gasteiger partial charge in [-0.3, -0.25) is 4.79 Å². The van der Waals surface area contributed by atoms with Crippen LogP contribution in [0.2, 0.25) is 5.02 Å². The molecule has 0 saturated heterocycles. The zero-order valence-electron chi connectivity index (χ0n) is 10.5. The van der Waals surface area contributed by atoms with Crippen LogP contribution in [-0.2, 0) is 0 Å². The van der Waals surface area contributed by atoms with Crippen LogP contribution in [0.5, 0.6) is 0 Å². The molecule has 0 saturated carbocycles. The molecule has 2 aromatic carbocycles. The van der Waals surface area contributed by atoms with E-state index in [1.54, 1.807) is 42.1 Å². The molecule has 1 nitrogen and oxygen atoms in total. The van der Waals surface area contributed by atoms with Gasteiger partial charge in [0, 0.05) is 15.5 Å². The first-order chi connectivity index (χ1) is 9.19. The zero-order valence-corrected chi connectivity index (χ0v) is 12.0. The Morgan fingerprint density at radius 3 is 2.53 bits per heavy atom. The average molecular weight is 289 g/mol. The molecule has 19 heavy (non-hydrogen) atoms. The normalized spacial score (nSPS) is 10.8. The van der Waals surface area contributed by atoms with Crippen LogP contribution in [0.25, 0.3) is 6.08 Å². The number of rotatable bonds is 4. The SMILES string of the molecule is CSc1ccc(C=CC(=O)c2cccc(Cl)c2)cc1. The third-order valence-electron chi connectivity index (χ3n) is 2.65. The number of ketones is 1. The minimum atomic E-state index is -0.0450. The molecular weight excluding hydrogens is 276 g/mol. The van der Waals surface area contributed by atoms with Crippen LogP contribution in [0.1, 0.15) is 15.9 Å². The molecule has 2 aromatic rings. The van der Waals surface area contributed by atoms with Gasteiger partial charge >= 0.3 is 0 Å². The average Bonchev–Trinajstić information content (AvgIpc) is 2.45. The summed E-state index contributed by atoms with van der Waals surface area (Å²) in [6.45, 7) is 0. The van der Waals surface area contributed by atoms with E-state index in [0.29, 0.717) is 10.6 Å². The Kier molecular flexibility index (Phi) is 4.83. The Hall–Kier alpha value is -1.51. The van der Waals surface area contributed by atoms with Gasteiger partial charge in [0.1, 0.15) is 0 Å². The standard InChI is InChI=1S/C16H13ClOS/c1-19-15-8-5-12(6-9-15)7-10-16(18)13-3-2-4-14(17)11-13/h2-11H,1H3. The van der Waals surface area contributed by atoms with Gasteiger partial charge in [-0.2, -0.15) is 0 Å². The summed E-state index contributed by atoms with van der Waals surface area (Å²) in [7, 11) is 0. The molecule has 0 spiro atoms. The molecule has 3 heteroatoms. The van der Waals surface area contributed by atoms with Gasteiger partial charge in [0.2, 0.25) is 0 Å². The van der Waals surface area contributed by atoms with Gasteiger partial charge in [0.15, 0.2) is 5.78 Å². The van der Waals surface area contributed by atoms with Gasteiger partial charge in [-0.05, 0) is 42.2 Å². The Labute approximate surface area is 122 Å². The van der Waals surface area contributed by atoms with E-state index >= 15 is 0 Å². The first-order valence-corrected chi connectivity index (χ1v) is 7.41. The highest BCUT2D eigenvalue weighted by atomic mass is 35.5. The first kappa shape index (κ1) is 13.9. The van der Waals surface area contributed by atoms with E-state index in [1.165, 1.54) is 4.90 Å². The molecular formula is C16H13ClOS. The maximum absolute atomic E-state index is 11.9. The lowest BCUT2D eigenvalue weighted by Crippen LogP contribution is -1.93. The van der Waals surface area contributed by atoms with Crippen molar-refractivity contribution in [1.29, 1.82) is 0 Å². The van der Waals surface area contributed by atoms with Crippen LogP contribution in [0, 0.1) is 0 Å². The topological polar surface area (TPSA) is 17.1 Å². The predicted octanol–water partition coefficient (Wildman–Crippen LogP) is 4.96. The highest BCUT2D eigenvalue weighted by Crippen LogP contribution is 2.16. The van der Waals surface area contributed by atoms with E-state index in [0.717, 1.165) is 5.56 Å². The minimum Gasteiger partial charge on any atom is -0.289 e. The van der Waals surface area contributed by atoms with Crippen molar-refractivity contribution >= 4 is 35.2 Å². The lowest BCUT2D eigenvalue weighted by atomic mass is 10.1. The summed E-state index contributed by atoms with van der Waals surface area (Å²) in [5.74, 6) is -0.0450. The van der Waals surface area contributed by atoms with Gasteiger partial charge < -0.3 is 0 Å². The summed E-state index contributed by atoms with van der Waals surface area (Å²) in [6, 6.07) is 15.0. The fraction of sp³-hybridized carbons (Fsp3) is 0.0625. The van der Waals surface area contributed by atoms with Crippen molar-refractivity contribution < 1.29 is 4.79 Å². The molecule has 0 fully saturated rings. The van der Waals surface area contributed by atoms with Crippen molar-refractivity contribution in [3.8, 4) is 0 Å². The minimum absolute atomic E-state index is 0.0450. The third kappa shape index (κ3) is 3.98. The molecule has 0 aliphatic heterocycles. The van der Waals surface area contributed by atoms with Gasteiger partial charge in [0.05, 0.1) is 0 Å². The lowest BCUT2D eigenvalue weighted by Gasteiger charge is -1.98. The molecule has 96 valence electrons. The van der Waals surface area contributed by atoms with E-state index in [-0.39, 0.29) is 5.78 Å². The summed E-state index contributed by atoms with van der Waals surface area (Å²) in [4.78, 5) is 13.2. The molecule has 0 aliphatic rings. The van der Waals surface area contributed by atoms with E-state index in [2.05, 4.69) is 0 Å². The smallest absolute Gasteiger partial charge is 0.185 e. The van der Waals surface area contributed by atoms with Crippen molar-refractivity contribution in [1.82, 2.24) is 0 Å². The Balaban J connectivity index is 2.11. The third-order valence-corrected chi connectivity index (χ3v) is 3.63. The van der Waals surface area contributed by atoms with Gasteiger partial charge in [-0.15, -0.1) is 11.8 Å². The highest BCUT2D eigenvalue weighted by molar-refractivity contribution is 7.98. The Bertz CT molecular complexity index is 602. The first-order valence-electron chi connectivity index (χ1n) is 5.81.